The summed E-state index contributed by atoms with van der Waals surface area (Å²) in [5.41, 5.74) is 3.77. The molecule has 1 saturated heterocycles. The Morgan fingerprint density at radius 1 is 1.00 bits per heavy atom. The number of aliphatic hydroxyl groups excluding tert-OH is 1. The molecule has 5 nitrogen and oxygen atoms in total. The Hall–Kier alpha value is -2.80. The monoisotopic (exact) mass is 501 g/mol. The van der Waals surface area contributed by atoms with Crippen LogP contribution in [0.3, 0.4) is 0 Å². The molecule has 1 N–H and O–H groups in total. The van der Waals surface area contributed by atoms with Crippen LogP contribution in [-0.2, 0) is 9.59 Å². The molecule has 2 heterocycles. The summed E-state index contributed by atoms with van der Waals surface area (Å²) in [4.78, 5) is 28.8. The predicted molar refractivity (Wildman–Crippen MR) is 133 cm³/mol. The van der Waals surface area contributed by atoms with Gasteiger partial charge in [-0.15, -0.1) is 11.3 Å². The molecule has 1 amide bonds. The first-order valence-electron chi connectivity index (χ1n) is 10.1. The van der Waals surface area contributed by atoms with E-state index in [1.807, 2.05) is 50.4 Å². The average molecular weight is 502 g/mol. The topological polar surface area (TPSA) is 66.8 Å². The van der Waals surface area contributed by atoms with Crippen molar-refractivity contribution in [2.45, 2.75) is 26.8 Å². The standard InChI is InChI=1S/C25H21Cl2NO4S/c1-12-5-6-16(9-14(12)3)28-20(24-13(2)7-8-33-24)19(22(30)25(28)31)21(29)15-10-17(26)23(32-4)18(27)11-15/h5-11,20,29H,1-4H3/b21-19-. The summed E-state index contributed by atoms with van der Waals surface area (Å²) < 4.78 is 5.18. The molecule has 1 aliphatic rings. The maximum atomic E-state index is 13.3. The van der Waals surface area contributed by atoms with Crippen LogP contribution >= 0.6 is 34.5 Å². The average Bonchev–Trinajstić information content (AvgIpc) is 3.30. The van der Waals surface area contributed by atoms with Gasteiger partial charge in [-0.3, -0.25) is 14.5 Å². The van der Waals surface area contributed by atoms with Crippen LogP contribution in [0.4, 0.5) is 5.69 Å². The van der Waals surface area contributed by atoms with Gasteiger partial charge in [0.15, 0.2) is 5.75 Å². The second-order valence-corrected chi connectivity index (χ2v) is 9.64. The summed E-state index contributed by atoms with van der Waals surface area (Å²) in [6.07, 6.45) is 0. The zero-order chi connectivity index (χ0) is 24.0. The third-order valence-corrected chi connectivity index (χ3v) is 7.47. The zero-order valence-electron chi connectivity index (χ0n) is 18.4. The van der Waals surface area contributed by atoms with E-state index in [1.54, 1.807) is 0 Å². The Bertz CT molecular complexity index is 1300. The van der Waals surface area contributed by atoms with Gasteiger partial charge in [0.25, 0.3) is 11.7 Å². The molecule has 33 heavy (non-hydrogen) atoms. The number of benzene rings is 2. The van der Waals surface area contributed by atoms with Gasteiger partial charge in [-0.1, -0.05) is 29.3 Å². The number of ketones is 1. The van der Waals surface area contributed by atoms with Crippen molar-refractivity contribution in [3.63, 3.8) is 0 Å². The number of Topliss-reactive ketones (excluding diaryl/α,β-unsaturated/α-hetero) is 1. The lowest BCUT2D eigenvalue weighted by Gasteiger charge is -2.25. The van der Waals surface area contributed by atoms with E-state index in [0.717, 1.165) is 21.6 Å². The summed E-state index contributed by atoms with van der Waals surface area (Å²) in [7, 11) is 1.43. The predicted octanol–water partition coefficient (Wildman–Crippen LogP) is 6.62. The summed E-state index contributed by atoms with van der Waals surface area (Å²) >= 11 is 14.0. The minimum absolute atomic E-state index is 0.0129. The van der Waals surface area contributed by atoms with Crippen molar-refractivity contribution < 1.29 is 19.4 Å². The van der Waals surface area contributed by atoms with Crippen LogP contribution in [0.25, 0.3) is 5.76 Å². The minimum atomic E-state index is -0.785. The number of nitrogens with zero attached hydrogens (tertiary/aromatic N) is 1. The third-order valence-electron chi connectivity index (χ3n) is 5.84. The zero-order valence-corrected chi connectivity index (χ0v) is 20.7. The highest BCUT2D eigenvalue weighted by Gasteiger charge is 2.48. The fourth-order valence-electron chi connectivity index (χ4n) is 3.93. The maximum absolute atomic E-state index is 13.3. The number of ether oxygens (including phenoxy) is 1. The van der Waals surface area contributed by atoms with Crippen molar-refractivity contribution in [1.29, 1.82) is 0 Å². The molecule has 1 unspecified atom stereocenters. The molecule has 0 aliphatic carbocycles. The van der Waals surface area contributed by atoms with E-state index in [9.17, 15) is 14.7 Å². The highest BCUT2D eigenvalue weighted by Crippen LogP contribution is 2.46. The second-order valence-electron chi connectivity index (χ2n) is 7.88. The summed E-state index contributed by atoms with van der Waals surface area (Å²) in [5, 5.41) is 13.5. The Morgan fingerprint density at radius 3 is 2.21 bits per heavy atom. The van der Waals surface area contributed by atoms with E-state index < -0.39 is 17.7 Å². The van der Waals surface area contributed by atoms with Gasteiger partial charge in [-0.05, 0) is 73.2 Å². The van der Waals surface area contributed by atoms with Gasteiger partial charge >= 0.3 is 0 Å². The quantitative estimate of drug-likeness (QED) is 0.248. The van der Waals surface area contributed by atoms with Crippen LogP contribution < -0.4 is 9.64 Å². The fraction of sp³-hybridized carbons (Fsp3) is 0.200. The number of hydrogen-bond acceptors (Lipinski definition) is 5. The number of methoxy groups -OCH3 is 1. The summed E-state index contributed by atoms with van der Waals surface area (Å²) in [6.45, 7) is 5.83. The largest absolute Gasteiger partial charge is 0.507 e. The lowest BCUT2D eigenvalue weighted by atomic mass is 9.98. The number of anilines is 1. The van der Waals surface area contributed by atoms with Crippen molar-refractivity contribution in [2.24, 2.45) is 0 Å². The van der Waals surface area contributed by atoms with Gasteiger partial charge in [-0.25, -0.2) is 0 Å². The minimum Gasteiger partial charge on any atom is -0.507 e. The van der Waals surface area contributed by atoms with Crippen LogP contribution in [0.2, 0.25) is 10.0 Å². The number of rotatable bonds is 4. The number of thiophene rings is 1. The number of aryl methyl sites for hydroxylation is 3. The Labute approximate surface area is 205 Å². The number of amides is 1. The fourth-order valence-corrected chi connectivity index (χ4v) is 5.60. The van der Waals surface area contributed by atoms with Crippen LogP contribution in [0.15, 0.2) is 47.4 Å². The molecule has 0 radical (unpaired) electrons. The highest BCUT2D eigenvalue weighted by atomic mass is 35.5. The van der Waals surface area contributed by atoms with Crippen LogP contribution in [0.1, 0.15) is 33.2 Å². The lowest BCUT2D eigenvalue weighted by molar-refractivity contribution is -0.132. The van der Waals surface area contributed by atoms with E-state index in [4.69, 9.17) is 27.9 Å². The number of aliphatic hydroxyl groups is 1. The molecule has 1 aromatic heterocycles. The van der Waals surface area contributed by atoms with Gasteiger partial charge in [-0.2, -0.15) is 0 Å². The number of hydrogen-bond donors (Lipinski definition) is 1. The van der Waals surface area contributed by atoms with E-state index in [-0.39, 0.29) is 32.7 Å². The van der Waals surface area contributed by atoms with E-state index >= 15 is 0 Å². The molecule has 4 rings (SSSR count). The van der Waals surface area contributed by atoms with Crippen molar-refractivity contribution >= 4 is 57.7 Å². The first-order valence-corrected chi connectivity index (χ1v) is 11.7. The van der Waals surface area contributed by atoms with E-state index in [2.05, 4.69) is 0 Å². The Morgan fingerprint density at radius 2 is 1.67 bits per heavy atom. The number of halogens is 2. The van der Waals surface area contributed by atoms with E-state index in [0.29, 0.717) is 5.69 Å². The summed E-state index contributed by atoms with van der Waals surface area (Å²) in [6, 6.07) is 9.65. The SMILES string of the molecule is COc1c(Cl)cc(/C(O)=C2/C(=O)C(=O)N(c3ccc(C)c(C)c3)C2c2sccc2C)cc1Cl. The molecule has 1 fully saturated rings. The molecule has 170 valence electrons. The Kier molecular flexibility index (Phi) is 6.27. The van der Waals surface area contributed by atoms with Gasteiger partial charge in [0.05, 0.1) is 22.7 Å². The molecule has 3 aromatic rings. The van der Waals surface area contributed by atoms with Crippen LogP contribution in [-0.4, -0.2) is 23.9 Å². The van der Waals surface area contributed by atoms with Gasteiger partial charge in [0, 0.05) is 16.1 Å². The third kappa shape index (κ3) is 3.92. The highest BCUT2D eigenvalue weighted by molar-refractivity contribution is 7.10. The number of carbonyl (C=O) groups excluding carboxylic acids is 2. The molecule has 1 aliphatic heterocycles. The first kappa shape index (κ1) is 23.4. The lowest BCUT2D eigenvalue weighted by Crippen LogP contribution is -2.29. The van der Waals surface area contributed by atoms with Crippen molar-refractivity contribution in [3.8, 4) is 5.75 Å². The number of carbonyl (C=O) groups is 2. The van der Waals surface area contributed by atoms with Crippen LogP contribution in [0, 0.1) is 20.8 Å². The maximum Gasteiger partial charge on any atom is 0.300 e. The second kappa shape index (κ2) is 8.86. The van der Waals surface area contributed by atoms with Crippen molar-refractivity contribution in [3.05, 3.63) is 84.5 Å². The molecule has 8 heteroatoms. The van der Waals surface area contributed by atoms with Gasteiger partial charge in [0.1, 0.15) is 11.8 Å². The van der Waals surface area contributed by atoms with Gasteiger partial charge < -0.3 is 9.84 Å². The molecular formula is C25H21Cl2NO4S. The molecule has 0 saturated carbocycles. The molecule has 0 spiro atoms. The molecular weight excluding hydrogens is 481 g/mol. The normalized spacial score (nSPS) is 17.6. The molecule has 0 bridgehead atoms. The molecule has 2 aromatic carbocycles. The Balaban J connectivity index is 1.97. The van der Waals surface area contributed by atoms with Gasteiger partial charge in [0.2, 0.25) is 0 Å². The van der Waals surface area contributed by atoms with E-state index in [1.165, 1.54) is 35.5 Å². The van der Waals surface area contributed by atoms with Crippen molar-refractivity contribution in [2.75, 3.05) is 12.0 Å². The van der Waals surface area contributed by atoms with Crippen molar-refractivity contribution in [1.82, 2.24) is 0 Å². The van der Waals surface area contributed by atoms with Crippen LogP contribution in [0.5, 0.6) is 5.75 Å². The molecule has 1 atom stereocenters. The summed E-state index contributed by atoms with van der Waals surface area (Å²) in [5.74, 6) is -1.56. The first-order chi connectivity index (χ1) is 15.6. The smallest absolute Gasteiger partial charge is 0.300 e.